The van der Waals surface area contributed by atoms with Gasteiger partial charge in [0.15, 0.2) is 0 Å². The molecule has 1 atom stereocenters. The quantitative estimate of drug-likeness (QED) is 0.625. The molecule has 0 aliphatic heterocycles. The zero-order chi connectivity index (χ0) is 12.8. The SMILES string of the molecule is CCCNC(=O)C(C)Sc1ccc(N)cc1C. The van der Waals surface area contributed by atoms with Crippen LogP contribution in [0, 0.1) is 6.92 Å². The number of aryl methyl sites for hydroxylation is 1. The lowest BCUT2D eigenvalue weighted by atomic mass is 10.2. The standard InChI is InChI=1S/C13H20N2OS/c1-4-7-15-13(16)10(3)17-12-6-5-11(14)8-9(12)2/h5-6,8,10H,4,7,14H2,1-3H3,(H,15,16). The molecule has 1 amide bonds. The summed E-state index contributed by atoms with van der Waals surface area (Å²) in [7, 11) is 0. The maximum atomic E-state index is 11.7. The second kappa shape index (κ2) is 6.55. The van der Waals surface area contributed by atoms with E-state index in [9.17, 15) is 4.79 Å². The van der Waals surface area contributed by atoms with Crippen LogP contribution < -0.4 is 11.1 Å². The average Bonchev–Trinajstić information content (AvgIpc) is 2.29. The summed E-state index contributed by atoms with van der Waals surface area (Å²) in [5.74, 6) is 0.0908. The van der Waals surface area contributed by atoms with E-state index in [1.165, 1.54) is 0 Å². The van der Waals surface area contributed by atoms with Gasteiger partial charge >= 0.3 is 0 Å². The van der Waals surface area contributed by atoms with Gasteiger partial charge in [-0.1, -0.05) is 6.92 Å². The number of benzene rings is 1. The number of nitrogens with two attached hydrogens (primary N) is 1. The minimum absolute atomic E-state index is 0.0797. The van der Waals surface area contributed by atoms with Crippen molar-refractivity contribution in [1.29, 1.82) is 0 Å². The minimum atomic E-state index is -0.0797. The summed E-state index contributed by atoms with van der Waals surface area (Å²) in [6.45, 7) is 6.72. The van der Waals surface area contributed by atoms with E-state index in [2.05, 4.69) is 5.32 Å². The molecule has 0 saturated heterocycles. The van der Waals surface area contributed by atoms with Crippen LogP contribution in [0.5, 0.6) is 0 Å². The van der Waals surface area contributed by atoms with Crippen molar-refractivity contribution in [1.82, 2.24) is 5.32 Å². The number of nitrogen functional groups attached to an aromatic ring is 1. The first-order chi connectivity index (χ1) is 8.04. The summed E-state index contributed by atoms with van der Waals surface area (Å²) in [5, 5.41) is 2.82. The van der Waals surface area contributed by atoms with E-state index in [-0.39, 0.29) is 11.2 Å². The molecule has 1 unspecified atom stereocenters. The first-order valence-electron chi connectivity index (χ1n) is 5.85. The van der Waals surface area contributed by atoms with Gasteiger partial charge in [-0.05, 0) is 44.0 Å². The molecule has 0 aliphatic carbocycles. The second-order valence-corrected chi connectivity index (χ2v) is 5.46. The lowest BCUT2D eigenvalue weighted by molar-refractivity contribution is -0.120. The van der Waals surface area contributed by atoms with Gasteiger partial charge in [0.2, 0.25) is 5.91 Å². The molecule has 0 spiro atoms. The summed E-state index contributed by atoms with van der Waals surface area (Å²) < 4.78 is 0. The first-order valence-corrected chi connectivity index (χ1v) is 6.73. The Kier molecular flexibility index (Phi) is 5.35. The molecule has 3 nitrogen and oxygen atoms in total. The molecule has 0 radical (unpaired) electrons. The van der Waals surface area contributed by atoms with E-state index in [4.69, 9.17) is 5.73 Å². The lowest BCUT2D eigenvalue weighted by Gasteiger charge is -2.13. The summed E-state index contributed by atoms with van der Waals surface area (Å²) in [6, 6.07) is 5.77. The van der Waals surface area contributed by atoms with Crippen molar-refractivity contribution >= 4 is 23.4 Å². The molecule has 1 aromatic rings. The predicted octanol–water partition coefficient (Wildman–Crippen LogP) is 2.58. The van der Waals surface area contributed by atoms with Gasteiger partial charge in [0, 0.05) is 17.1 Å². The number of rotatable bonds is 5. The van der Waals surface area contributed by atoms with Crippen LogP contribution in [0.3, 0.4) is 0 Å². The van der Waals surface area contributed by atoms with Gasteiger partial charge in [-0.15, -0.1) is 11.8 Å². The highest BCUT2D eigenvalue weighted by Gasteiger charge is 2.14. The monoisotopic (exact) mass is 252 g/mol. The van der Waals surface area contributed by atoms with Crippen molar-refractivity contribution < 1.29 is 4.79 Å². The molecule has 17 heavy (non-hydrogen) atoms. The van der Waals surface area contributed by atoms with E-state index in [0.29, 0.717) is 0 Å². The summed E-state index contributed by atoms with van der Waals surface area (Å²) >= 11 is 1.57. The molecule has 0 saturated carbocycles. The number of nitrogens with one attached hydrogen (secondary N) is 1. The number of carbonyl (C=O) groups is 1. The highest BCUT2D eigenvalue weighted by Crippen LogP contribution is 2.27. The molecule has 0 bridgehead atoms. The van der Waals surface area contributed by atoms with Crippen molar-refractivity contribution in [3.8, 4) is 0 Å². The maximum Gasteiger partial charge on any atom is 0.233 e. The number of hydrogen-bond acceptors (Lipinski definition) is 3. The fourth-order valence-corrected chi connectivity index (χ4v) is 2.40. The van der Waals surface area contributed by atoms with Gasteiger partial charge in [0.1, 0.15) is 0 Å². The second-order valence-electron chi connectivity index (χ2n) is 4.08. The third-order valence-electron chi connectivity index (χ3n) is 2.42. The van der Waals surface area contributed by atoms with Gasteiger partial charge in [-0.3, -0.25) is 4.79 Å². The van der Waals surface area contributed by atoms with Crippen molar-refractivity contribution in [2.75, 3.05) is 12.3 Å². The number of hydrogen-bond donors (Lipinski definition) is 2. The molecule has 1 aromatic carbocycles. The lowest BCUT2D eigenvalue weighted by Crippen LogP contribution is -2.31. The molecule has 0 fully saturated rings. The Balaban J connectivity index is 2.61. The van der Waals surface area contributed by atoms with Crippen LogP contribution in [0.4, 0.5) is 5.69 Å². The molecule has 0 aromatic heterocycles. The summed E-state index contributed by atoms with van der Waals surface area (Å²) in [4.78, 5) is 12.8. The van der Waals surface area contributed by atoms with Gasteiger partial charge < -0.3 is 11.1 Å². The minimum Gasteiger partial charge on any atom is -0.399 e. The Hall–Kier alpha value is -1.16. The molecular formula is C13H20N2OS. The Bertz CT molecular complexity index is 393. The molecule has 94 valence electrons. The van der Waals surface area contributed by atoms with Crippen LogP contribution >= 0.6 is 11.8 Å². The van der Waals surface area contributed by atoms with Crippen molar-refractivity contribution in [2.24, 2.45) is 0 Å². The molecule has 4 heteroatoms. The van der Waals surface area contributed by atoms with E-state index in [1.54, 1.807) is 11.8 Å². The molecule has 3 N–H and O–H groups in total. The molecule has 1 rings (SSSR count). The van der Waals surface area contributed by atoms with Crippen molar-refractivity contribution in [2.45, 2.75) is 37.3 Å². The van der Waals surface area contributed by atoms with E-state index < -0.39 is 0 Å². The number of carbonyl (C=O) groups excluding carboxylic acids is 1. The van der Waals surface area contributed by atoms with E-state index in [0.717, 1.165) is 29.1 Å². The highest BCUT2D eigenvalue weighted by molar-refractivity contribution is 8.00. The van der Waals surface area contributed by atoms with Crippen molar-refractivity contribution in [3.05, 3.63) is 23.8 Å². The number of thioether (sulfide) groups is 1. The average molecular weight is 252 g/mol. The van der Waals surface area contributed by atoms with Crippen LogP contribution in [-0.4, -0.2) is 17.7 Å². The highest BCUT2D eigenvalue weighted by atomic mass is 32.2. The van der Waals surface area contributed by atoms with Gasteiger partial charge in [0.25, 0.3) is 0 Å². The fourth-order valence-electron chi connectivity index (χ4n) is 1.44. The largest absolute Gasteiger partial charge is 0.399 e. The predicted molar refractivity (Wildman–Crippen MR) is 74.2 cm³/mol. The number of anilines is 1. The summed E-state index contributed by atoms with van der Waals surface area (Å²) in [5.41, 5.74) is 7.57. The van der Waals surface area contributed by atoms with Crippen LogP contribution in [-0.2, 0) is 4.79 Å². The van der Waals surface area contributed by atoms with Gasteiger partial charge in [-0.2, -0.15) is 0 Å². The number of amides is 1. The topological polar surface area (TPSA) is 55.1 Å². The van der Waals surface area contributed by atoms with Crippen molar-refractivity contribution in [3.63, 3.8) is 0 Å². The zero-order valence-corrected chi connectivity index (χ0v) is 11.4. The Labute approximate surface area is 107 Å². The van der Waals surface area contributed by atoms with E-state index >= 15 is 0 Å². The Morgan fingerprint density at radius 2 is 2.24 bits per heavy atom. The fraction of sp³-hybridized carbons (Fsp3) is 0.462. The first kappa shape index (κ1) is 13.9. The van der Waals surface area contributed by atoms with Gasteiger partial charge in [0.05, 0.1) is 5.25 Å². The van der Waals surface area contributed by atoms with Gasteiger partial charge in [-0.25, -0.2) is 0 Å². The van der Waals surface area contributed by atoms with Crippen LogP contribution in [0.2, 0.25) is 0 Å². The summed E-state index contributed by atoms with van der Waals surface area (Å²) in [6.07, 6.45) is 0.962. The van der Waals surface area contributed by atoms with Crippen LogP contribution in [0.25, 0.3) is 0 Å². The zero-order valence-electron chi connectivity index (χ0n) is 10.6. The molecular weight excluding hydrogens is 232 g/mol. The smallest absolute Gasteiger partial charge is 0.233 e. The third kappa shape index (κ3) is 4.30. The molecule has 0 heterocycles. The van der Waals surface area contributed by atoms with Crippen LogP contribution in [0.1, 0.15) is 25.8 Å². The Morgan fingerprint density at radius 3 is 2.82 bits per heavy atom. The molecule has 0 aliphatic rings. The van der Waals surface area contributed by atoms with Crippen LogP contribution in [0.15, 0.2) is 23.1 Å². The normalized spacial score (nSPS) is 12.2. The third-order valence-corrected chi connectivity index (χ3v) is 3.70. The maximum absolute atomic E-state index is 11.7. The Morgan fingerprint density at radius 1 is 1.53 bits per heavy atom. The van der Waals surface area contributed by atoms with E-state index in [1.807, 2.05) is 39.0 Å².